The number of rotatable bonds is 7. The third kappa shape index (κ3) is 4.17. The van der Waals surface area contributed by atoms with Crippen molar-refractivity contribution in [2.45, 2.75) is 46.7 Å². The third-order valence-electron chi connectivity index (χ3n) is 4.45. The molecule has 0 saturated carbocycles. The van der Waals surface area contributed by atoms with Crippen LogP contribution < -0.4 is 10.9 Å². The minimum Gasteiger partial charge on any atom is -0.423 e. The van der Waals surface area contributed by atoms with E-state index in [0.717, 1.165) is 42.6 Å². The molecule has 3 rings (SSSR count). The van der Waals surface area contributed by atoms with Crippen LogP contribution in [0.1, 0.15) is 35.9 Å². The molecule has 0 bridgehead atoms. The van der Waals surface area contributed by atoms with E-state index in [1.165, 1.54) is 11.3 Å². The Bertz CT molecular complexity index is 924. The Hall–Kier alpha value is -2.40. The lowest BCUT2D eigenvalue weighted by atomic mass is 10.1. The maximum atomic E-state index is 11.8. The molecule has 0 unspecified atom stereocenters. The number of nitrogens with one attached hydrogen (secondary N) is 1. The molecule has 0 aliphatic heterocycles. The highest BCUT2D eigenvalue weighted by molar-refractivity contribution is 5.80. The quantitative estimate of drug-likeness (QED) is 0.530. The molecule has 0 amide bonds. The molecule has 132 valence electrons. The van der Waals surface area contributed by atoms with Crippen LogP contribution in [0.3, 0.4) is 0 Å². The van der Waals surface area contributed by atoms with Crippen molar-refractivity contribution in [3.8, 4) is 0 Å². The molecule has 25 heavy (non-hydrogen) atoms. The summed E-state index contributed by atoms with van der Waals surface area (Å²) in [7, 11) is 0. The van der Waals surface area contributed by atoms with E-state index in [0.29, 0.717) is 12.1 Å². The molecule has 0 atom stereocenters. The molecule has 0 aliphatic carbocycles. The summed E-state index contributed by atoms with van der Waals surface area (Å²) >= 11 is 0. The molecule has 2 heterocycles. The van der Waals surface area contributed by atoms with Crippen LogP contribution in [-0.2, 0) is 19.5 Å². The van der Waals surface area contributed by atoms with Crippen molar-refractivity contribution in [1.29, 1.82) is 0 Å². The molecular formula is C20H25N3O2. The number of benzene rings is 1. The van der Waals surface area contributed by atoms with Crippen LogP contribution in [0.15, 0.2) is 39.5 Å². The third-order valence-corrected chi connectivity index (χ3v) is 4.45. The number of aromatic nitrogens is 2. The molecule has 1 N–H and O–H groups in total. The summed E-state index contributed by atoms with van der Waals surface area (Å²) in [6.07, 6.45) is 1.91. The summed E-state index contributed by atoms with van der Waals surface area (Å²) in [5.74, 6) is 0. The van der Waals surface area contributed by atoms with Crippen molar-refractivity contribution < 1.29 is 4.42 Å². The van der Waals surface area contributed by atoms with Gasteiger partial charge in [-0.1, -0.05) is 19.1 Å². The van der Waals surface area contributed by atoms with Gasteiger partial charge in [-0.3, -0.25) is 4.68 Å². The van der Waals surface area contributed by atoms with E-state index in [4.69, 9.17) is 4.42 Å². The fraction of sp³-hybridized carbons (Fsp3) is 0.400. The van der Waals surface area contributed by atoms with Gasteiger partial charge < -0.3 is 9.73 Å². The molecule has 5 heteroatoms. The molecule has 1 aromatic carbocycles. The first kappa shape index (κ1) is 17.4. The van der Waals surface area contributed by atoms with E-state index in [9.17, 15) is 4.79 Å². The highest BCUT2D eigenvalue weighted by atomic mass is 16.4. The number of hydrogen-bond acceptors (Lipinski definition) is 4. The van der Waals surface area contributed by atoms with Gasteiger partial charge >= 0.3 is 5.63 Å². The maximum Gasteiger partial charge on any atom is 0.336 e. The van der Waals surface area contributed by atoms with Gasteiger partial charge in [0.05, 0.1) is 5.69 Å². The van der Waals surface area contributed by atoms with E-state index < -0.39 is 0 Å². The minimum absolute atomic E-state index is 0.291. The lowest BCUT2D eigenvalue weighted by molar-refractivity contribution is 0.529. The number of nitrogens with zero attached hydrogens (tertiary/aromatic N) is 2. The average Bonchev–Trinajstić information content (AvgIpc) is 2.91. The second-order valence-corrected chi connectivity index (χ2v) is 6.46. The smallest absolute Gasteiger partial charge is 0.336 e. The molecule has 0 saturated heterocycles. The van der Waals surface area contributed by atoms with Gasteiger partial charge in [0.1, 0.15) is 5.58 Å². The lowest BCUT2D eigenvalue weighted by Crippen LogP contribution is -2.18. The first-order valence-electron chi connectivity index (χ1n) is 8.84. The Labute approximate surface area is 147 Å². The van der Waals surface area contributed by atoms with Gasteiger partial charge in [0, 0.05) is 30.2 Å². The lowest BCUT2D eigenvalue weighted by Gasteiger charge is -2.09. The Balaban J connectivity index is 1.61. The summed E-state index contributed by atoms with van der Waals surface area (Å²) in [6, 6.07) is 9.77. The Morgan fingerprint density at radius 1 is 1.20 bits per heavy atom. The fourth-order valence-corrected chi connectivity index (χ4v) is 3.12. The topological polar surface area (TPSA) is 60.1 Å². The molecule has 3 aromatic rings. The molecular weight excluding hydrogens is 314 g/mol. The predicted molar refractivity (Wildman–Crippen MR) is 99.9 cm³/mol. The molecule has 2 aromatic heterocycles. The van der Waals surface area contributed by atoms with E-state index in [-0.39, 0.29) is 5.63 Å². The summed E-state index contributed by atoms with van der Waals surface area (Å²) < 4.78 is 7.39. The van der Waals surface area contributed by atoms with Crippen molar-refractivity contribution >= 4 is 11.0 Å². The van der Waals surface area contributed by atoms with Gasteiger partial charge in [0.25, 0.3) is 0 Å². The monoisotopic (exact) mass is 339 g/mol. The van der Waals surface area contributed by atoms with E-state index in [1.807, 2.05) is 23.7 Å². The van der Waals surface area contributed by atoms with Gasteiger partial charge in [-0.05, 0) is 56.5 Å². The highest BCUT2D eigenvalue weighted by Gasteiger charge is 2.06. The van der Waals surface area contributed by atoms with Crippen molar-refractivity contribution in [2.75, 3.05) is 6.54 Å². The normalized spacial score (nSPS) is 11.3. The average molecular weight is 339 g/mol. The van der Waals surface area contributed by atoms with Crippen LogP contribution in [-0.4, -0.2) is 16.3 Å². The highest BCUT2D eigenvalue weighted by Crippen LogP contribution is 2.19. The minimum atomic E-state index is -0.291. The standard InChI is InChI=1S/C20H25N3O2/c1-4-16-6-7-18-17(12-20(24)25-19(18)11-16)13-21-8-5-9-23-15(3)10-14(2)22-23/h6-7,10-12,21H,4-5,8-9,13H2,1-3H3. The maximum absolute atomic E-state index is 11.8. The van der Waals surface area contributed by atoms with Gasteiger partial charge in [0.15, 0.2) is 0 Å². The largest absolute Gasteiger partial charge is 0.423 e. The summed E-state index contributed by atoms with van der Waals surface area (Å²) in [5.41, 5.74) is 4.78. The molecule has 0 spiro atoms. The molecule has 5 nitrogen and oxygen atoms in total. The fourth-order valence-electron chi connectivity index (χ4n) is 3.12. The van der Waals surface area contributed by atoms with Gasteiger partial charge in [0.2, 0.25) is 0 Å². The summed E-state index contributed by atoms with van der Waals surface area (Å²) in [4.78, 5) is 11.8. The Kier molecular flexibility index (Phi) is 5.34. The summed E-state index contributed by atoms with van der Waals surface area (Å²) in [5, 5.41) is 8.90. The predicted octanol–water partition coefficient (Wildman–Crippen LogP) is 3.35. The first-order valence-corrected chi connectivity index (χ1v) is 8.84. The SMILES string of the molecule is CCc1ccc2c(CNCCCn3nc(C)cc3C)cc(=O)oc2c1. The molecule has 0 radical (unpaired) electrons. The second-order valence-electron chi connectivity index (χ2n) is 6.46. The van der Waals surface area contributed by atoms with Gasteiger partial charge in [-0.2, -0.15) is 5.10 Å². The zero-order valence-corrected chi connectivity index (χ0v) is 15.1. The molecule has 0 fully saturated rings. The zero-order valence-electron chi connectivity index (χ0n) is 15.1. The van der Waals surface area contributed by atoms with Crippen molar-refractivity contribution in [2.24, 2.45) is 0 Å². The zero-order chi connectivity index (χ0) is 17.8. The number of fused-ring (bicyclic) bond motifs is 1. The first-order chi connectivity index (χ1) is 12.1. The van der Waals surface area contributed by atoms with Gasteiger partial charge in [-0.25, -0.2) is 4.79 Å². The van der Waals surface area contributed by atoms with Crippen molar-refractivity contribution in [3.05, 3.63) is 63.3 Å². The van der Waals surface area contributed by atoms with Crippen molar-refractivity contribution in [3.63, 3.8) is 0 Å². The second kappa shape index (κ2) is 7.66. The Morgan fingerprint density at radius 2 is 2.04 bits per heavy atom. The van der Waals surface area contributed by atoms with E-state index in [1.54, 1.807) is 6.07 Å². The van der Waals surface area contributed by atoms with Crippen LogP contribution >= 0.6 is 0 Å². The van der Waals surface area contributed by atoms with E-state index in [2.05, 4.69) is 36.4 Å². The van der Waals surface area contributed by atoms with Crippen LogP contribution in [0.5, 0.6) is 0 Å². The van der Waals surface area contributed by atoms with E-state index >= 15 is 0 Å². The number of aryl methyl sites for hydroxylation is 4. The van der Waals surface area contributed by atoms with Crippen LogP contribution in [0, 0.1) is 13.8 Å². The summed E-state index contributed by atoms with van der Waals surface area (Å²) in [6.45, 7) is 8.60. The Morgan fingerprint density at radius 3 is 2.76 bits per heavy atom. The van der Waals surface area contributed by atoms with Crippen molar-refractivity contribution in [1.82, 2.24) is 15.1 Å². The van der Waals surface area contributed by atoms with Gasteiger partial charge in [-0.15, -0.1) is 0 Å². The van der Waals surface area contributed by atoms with Crippen LogP contribution in [0.4, 0.5) is 0 Å². The van der Waals surface area contributed by atoms with Crippen LogP contribution in [0.2, 0.25) is 0 Å². The molecule has 0 aliphatic rings. The number of hydrogen-bond donors (Lipinski definition) is 1. The van der Waals surface area contributed by atoms with Crippen LogP contribution in [0.25, 0.3) is 11.0 Å².